The zero-order valence-electron chi connectivity index (χ0n) is 46.2. The molecule has 0 fully saturated rings. The molecule has 386 valence electrons. The van der Waals surface area contributed by atoms with Crippen molar-refractivity contribution < 1.29 is 8.83 Å². The molecule has 2 heterocycles. The lowest BCUT2D eigenvalue weighted by Crippen LogP contribution is -2.40. The number of fused-ring (bicyclic) bond motifs is 15. The summed E-state index contributed by atoms with van der Waals surface area (Å²) < 4.78 is 14.4. The Morgan fingerprint density at radius 2 is 0.713 bits per heavy atom. The van der Waals surface area contributed by atoms with E-state index in [1.807, 2.05) is 48.5 Å². The average molecular weight is 1070 g/mol. The summed E-state index contributed by atoms with van der Waals surface area (Å²) in [6, 6.07) is 78.7. The maximum Gasteiger partial charge on any atom is 0.159 e. The molecule has 0 radical (unpaired) electrons. The van der Waals surface area contributed by atoms with Crippen molar-refractivity contribution in [2.24, 2.45) is 0 Å². The molecule has 0 amide bonds. The monoisotopic (exact) mass is 1070 g/mol. The van der Waals surface area contributed by atoms with Gasteiger partial charge in [-0.05, 0) is 116 Å². The van der Waals surface area contributed by atoms with Gasteiger partial charge in [0.2, 0.25) is 0 Å². The second-order valence-corrected chi connectivity index (χ2v) is 34.3. The number of anilines is 6. The Bertz CT molecular complexity index is 4370. The smallest absolute Gasteiger partial charge is 0.159 e. The van der Waals surface area contributed by atoms with E-state index in [1.165, 1.54) is 32.6 Å². The number of furan rings is 2. The first kappa shape index (κ1) is 49.1. The summed E-state index contributed by atoms with van der Waals surface area (Å²) in [5, 5.41) is 28.7. The quantitative estimate of drug-likeness (QED) is 0.141. The third-order valence-corrected chi connectivity index (χ3v) is 21.3. The Morgan fingerprint density at radius 3 is 1.11 bits per heavy atom. The van der Waals surface area contributed by atoms with Crippen LogP contribution >= 0.6 is 0 Å². The minimum absolute atomic E-state index is 0.344. The van der Waals surface area contributed by atoms with Crippen molar-refractivity contribution in [1.82, 2.24) is 0 Å². The van der Waals surface area contributed by atoms with E-state index in [4.69, 9.17) is 8.83 Å². The van der Waals surface area contributed by atoms with E-state index in [0.29, 0.717) is 11.1 Å². The second kappa shape index (κ2) is 17.7. The minimum Gasteiger partial charge on any atom is -0.454 e. The Hall–Kier alpha value is -9.19. The molecule has 12 aromatic rings. The van der Waals surface area contributed by atoms with Crippen molar-refractivity contribution in [2.45, 2.75) is 64.0 Å². The maximum absolute atomic E-state index is 10.9. The van der Waals surface area contributed by atoms with E-state index < -0.39 is 21.6 Å². The molecule has 14 rings (SSSR count). The molecule has 0 aliphatic heterocycles. The third kappa shape index (κ3) is 6.99. The van der Waals surface area contributed by atoms with Crippen LogP contribution < -0.4 is 20.2 Å². The number of nitriles is 2. The number of hydrogen-bond donors (Lipinski definition) is 0. The van der Waals surface area contributed by atoms with E-state index >= 15 is 0 Å². The topological polar surface area (TPSA) is 80.3 Å². The van der Waals surface area contributed by atoms with Gasteiger partial charge in [0.05, 0.1) is 55.4 Å². The Balaban J connectivity index is 1.07. The lowest BCUT2D eigenvalue weighted by Gasteiger charge is -2.47. The van der Waals surface area contributed by atoms with Gasteiger partial charge in [-0.15, -0.1) is 0 Å². The average Bonchev–Trinajstić information content (AvgIpc) is 4.32. The van der Waals surface area contributed by atoms with Crippen LogP contribution in [-0.4, -0.2) is 16.1 Å². The highest BCUT2D eigenvalue weighted by molar-refractivity contribution is 6.90. The lowest BCUT2D eigenvalue weighted by atomic mass is 9.55. The number of para-hydroxylation sites is 6. The Kier molecular flexibility index (Phi) is 10.8. The Morgan fingerprint density at radius 1 is 0.362 bits per heavy atom. The van der Waals surface area contributed by atoms with Gasteiger partial charge in [-0.1, -0.05) is 199 Å². The highest BCUT2D eigenvalue weighted by atomic mass is 28.3. The summed E-state index contributed by atoms with van der Waals surface area (Å²) in [6.45, 7) is 18.9. The van der Waals surface area contributed by atoms with Crippen molar-refractivity contribution in [3.05, 3.63) is 251 Å². The van der Waals surface area contributed by atoms with Crippen molar-refractivity contribution in [3.8, 4) is 23.3 Å². The summed E-state index contributed by atoms with van der Waals surface area (Å²) in [6.07, 6.45) is 0. The van der Waals surface area contributed by atoms with Crippen LogP contribution in [0.1, 0.15) is 58.4 Å². The molecular formula is C72H58N4O2Si2. The predicted octanol–water partition coefficient (Wildman–Crippen LogP) is 18.3. The lowest BCUT2D eigenvalue weighted by molar-refractivity contribution is 0.563. The van der Waals surface area contributed by atoms with Gasteiger partial charge in [0.15, 0.2) is 11.2 Å². The van der Waals surface area contributed by atoms with Crippen LogP contribution in [0, 0.1) is 22.7 Å². The molecule has 1 spiro atoms. The summed E-state index contributed by atoms with van der Waals surface area (Å²) in [4.78, 5) is 4.49. The van der Waals surface area contributed by atoms with Gasteiger partial charge < -0.3 is 18.6 Å². The van der Waals surface area contributed by atoms with Gasteiger partial charge >= 0.3 is 0 Å². The van der Waals surface area contributed by atoms with Crippen molar-refractivity contribution >= 4 is 105 Å². The highest BCUT2D eigenvalue weighted by Gasteiger charge is 2.54. The number of benzene rings is 10. The highest BCUT2D eigenvalue weighted by Crippen LogP contribution is 2.64. The predicted molar refractivity (Wildman–Crippen MR) is 335 cm³/mol. The second-order valence-electron chi connectivity index (χ2n) is 24.2. The van der Waals surface area contributed by atoms with Crippen molar-refractivity contribution in [3.63, 3.8) is 0 Å². The van der Waals surface area contributed by atoms with Gasteiger partial charge in [0.25, 0.3) is 0 Å². The molecule has 0 saturated heterocycles. The fourth-order valence-electron chi connectivity index (χ4n) is 13.6. The number of nitrogens with zero attached hydrogens (tertiary/aromatic N) is 4. The molecule has 8 heteroatoms. The van der Waals surface area contributed by atoms with Crippen LogP contribution in [0.3, 0.4) is 0 Å². The molecule has 2 aromatic heterocycles. The molecule has 10 aromatic carbocycles. The van der Waals surface area contributed by atoms with E-state index in [9.17, 15) is 10.5 Å². The molecular weight excluding hydrogens is 1010 g/mol. The van der Waals surface area contributed by atoms with Gasteiger partial charge in [0, 0.05) is 38.3 Å². The molecule has 80 heavy (non-hydrogen) atoms. The minimum atomic E-state index is -1.84. The van der Waals surface area contributed by atoms with Crippen LogP contribution in [0.25, 0.3) is 55.0 Å². The summed E-state index contributed by atoms with van der Waals surface area (Å²) in [5.41, 5.74) is 17.8. The molecule has 0 unspecified atom stereocenters. The van der Waals surface area contributed by atoms with Crippen LogP contribution in [-0.2, 0) is 10.8 Å². The van der Waals surface area contributed by atoms with Gasteiger partial charge in [-0.25, -0.2) is 0 Å². The summed E-state index contributed by atoms with van der Waals surface area (Å²) in [7, 11) is -3.67. The normalized spacial score (nSPS) is 13.9. The third-order valence-electron chi connectivity index (χ3n) is 17.3. The summed E-state index contributed by atoms with van der Waals surface area (Å²) >= 11 is 0. The van der Waals surface area contributed by atoms with Crippen molar-refractivity contribution in [2.75, 3.05) is 9.80 Å². The first-order valence-electron chi connectivity index (χ1n) is 27.6. The standard InChI is InChI=1S/C72H58N4O2Si2/c1-71(2)55-27-11-13-29-57(55)72(58-30-14-12-28-56(58)71)59-41-47(75(61-31-15-9-21-45(61)43-73)63-33-17-23-51-53-25-19-35-65(79(3,4)5)69(53)77-67(51)63)37-39-49(59)50-40-38-48(42-60(50)72)76(62-32-16-10-22-46(62)44-74)64-34-18-24-52-54-26-20-36-66(80(6,7)8)70(54)78-68(52)64/h9-42H,1-8H3. The fraction of sp³-hybridized carbons (Fsp3) is 0.139. The van der Waals surface area contributed by atoms with Crippen LogP contribution in [0.15, 0.2) is 215 Å². The van der Waals surface area contributed by atoms with E-state index in [0.717, 1.165) is 100 Å². The molecule has 0 atom stereocenters. The largest absolute Gasteiger partial charge is 0.454 e. The van der Waals surface area contributed by atoms with Crippen molar-refractivity contribution in [1.29, 1.82) is 10.5 Å². The van der Waals surface area contributed by atoms with Gasteiger partial charge in [-0.3, -0.25) is 0 Å². The first-order valence-corrected chi connectivity index (χ1v) is 34.6. The van der Waals surface area contributed by atoms with Crippen LogP contribution in [0.5, 0.6) is 0 Å². The SMILES string of the molecule is CC1(C)c2ccccc2C2(c3cc(N(c4ccccc4C#N)c4cccc5c4oc4c([Si](C)(C)C)cccc45)ccc3-c3ccc(N(c4ccccc4C#N)c4cccc5c4oc4c([Si](C)(C)C)cccc45)cc32)c2ccccc21. The Labute approximate surface area is 469 Å². The zero-order chi connectivity index (χ0) is 55.0. The first-order chi connectivity index (χ1) is 38.6. The summed E-state index contributed by atoms with van der Waals surface area (Å²) in [5.74, 6) is 0. The molecule has 6 nitrogen and oxygen atoms in total. The van der Waals surface area contributed by atoms with Gasteiger partial charge in [0.1, 0.15) is 23.3 Å². The number of hydrogen-bond acceptors (Lipinski definition) is 6. The molecule has 0 N–H and O–H groups in total. The van der Waals surface area contributed by atoms with Crippen LogP contribution in [0.2, 0.25) is 39.3 Å². The molecule has 2 aliphatic carbocycles. The van der Waals surface area contributed by atoms with Gasteiger partial charge in [-0.2, -0.15) is 10.5 Å². The van der Waals surface area contributed by atoms with E-state index in [2.05, 4.69) is 233 Å². The van der Waals surface area contributed by atoms with E-state index in [1.54, 1.807) is 0 Å². The van der Waals surface area contributed by atoms with Crippen LogP contribution in [0.4, 0.5) is 34.1 Å². The fourth-order valence-corrected chi connectivity index (χ4v) is 16.6. The zero-order valence-corrected chi connectivity index (χ0v) is 48.2. The molecule has 2 aliphatic rings. The molecule has 0 bridgehead atoms. The maximum atomic E-state index is 10.9. The number of rotatable bonds is 8. The molecule has 0 saturated carbocycles. The van der Waals surface area contributed by atoms with E-state index in [-0.39, 0.29) is 5.41 Å².